The zero-order valence-electron chi connectivity index (χ0n) is 7.19. The average Bonchev–Trinajstić information content (AvgIpc) is 2.16. The van der Waals surface area contributed by atoms with E-state index in [0.717, 1.165) is 5.06 Å². The van der Waals surface area contributed by atoms with Crippen molar-refractivity contribution in [3.8, 4) is 0 Å². The predicted octanol–water partition coefficient (Wildman–Crippen LogP) is 0.872. The molecule has 0 aromatic carbocycles. The second-order valence-corrected chi connectivity index (χ2v) is 3.06. The first-order valence-electron chi connectivity index (χ1n) is 3.44. The Morgan fingerprint density at radius 3 is 2.92 bits per heavy atom. The van der Waals surface area contributed by atoms with Crippen LogP contribution in [-0.2, 0) is 4.84 Å². The van der Waals surface area contributed by atoms with Crippen molar-refractivity contribution < 1.29 is 9.63 Å². The SMILES string of the molecule is CON(C)C(=O)c1ncncc1Br. The van der Waals surface area contributed by atoms with Crippen LogP contribution in [0.3, 0.4) is 0 Å². The molecule has 1 aromatic heterocycles. The molecular formula is C7H8BrN3O2. The first kappa shape index (κ1) is 10.1. The fraction of sp³-hybridized carbons (Fsp3) is 0.286. The number of hydroxylamine groups is 2. The molecule has 13 heavy (non-hydrogen) atoms. The van der Waals surface area contributed by atoms with Crippen LogP contribution in [0.2, 0.25) is 0 Å². The van der Waals surface area contributed by atoms with Gasteiger partial charge in [0.05, 0.1) is 11.6 Å². The second kappa shape index (κ2) is 4.29. The van der Waals surface area contributed by atoms with Gasteiger partial charge in [-0.25, -0.2) is 15.0 Å². The summed E-state index contributed by atoms with van der Waals surface area (Å²) >= 11 is 3.17. The highest BCUT2D eigenvalue weighted by Gasteiger charge is 2.15. The zero-order chi connectivity index (χ0) is 9.84. The fourth-order valence-corrected chi connectivity index (χ4v) is 1.09. The summed E-state index contributed by atoms with van der Waals surface area (Å²) in [6.07, 6.45) is 2.81. The van der Waals surface area contributed by atoms with E-state index in [1.807, 2.05) is 0 Å². The molecule has 6 heteroatoms. The topological polar surface area (TPSA) is 55.3 Å². The van der Waals surface area contributed by atoms with Crippen molar-refractivity contribution in [1.82, 2.24) is 15.0 Å². The molecule has 70 valence electrons. The van der Waals surface area contributed by atoms with Gasteiger partial charge in [-0.15, -0.1) is 0 Å². The van der Waals surface area contributed by atoms with E-state index in [-0.39, 0.29) is 11.6 Å². The molecule has 0 saturated heterocycles. The van der Waals surface area contributed by atoms with Crippen LogP contribution in [0, 0.1) is 0 Å². The van der Waals surface area contributed by atoms with Crippen LogP contribution in [0.15, 0.2) is 17.0 Å². The maximum Gasteiger partial charge on any atom is 0.297 e. The summed E-state index contributed by atoms with van der Waals surface area (Å²) in [4.78, 5) is 23.8. The third-order valence-electron chi connectivity index (χ3n) is 1.43. The van der Waals surface area contributed by atoms with Crippen LogP contribution in [0.1, 0.15) is 10.5 Å². The molecule has 0 N–H and O–H groups in total. The van der Waals surface area contributed by atoms with Crippen molar-refractivity contribution in [2.45, 2.75) is 0 Å². The van der Waals surface area contributed by atoms with E-state index in [1.54, 1.807) is 0 Å². The lowest BCUT2D eigenvalue weighted by molar-refractivity contribution is -0.0761. The van der Waals surface area contributed by atoms with E-state index in [0.29, 0.717) is 4.47 Å². The smallest absolute Gasteiger partial charge is 0.274 e. The number of amides is 1. The summed E-state index contributed by atoms with van der Waals surface area (Å²) in [5.41, 5.74) is 0.277. The van der Waals surface area contributed by atoms with Gasteiger partial charge in [-0.3, -0.25) is 9.63 Å². The van der Waals surface area contributed by atoms with E-state index in [9.17, 15) is 4.79 Å². The average molecular weight is 246 g/mol. The normalized spacial score (nSPS) is 9.77. The number of carbonyl (C=O) groups is 1. The number of hydrogen-bond acceptors (Lipinski definition) is 4. The van der Waals surface area contributed by atoms with Gasteiger partial charge < -0.3 is 0 Å². The molecule has 0 aliphatic heterocycles. The van der Waals surface area contributed by atoms with E-state index >= 15 is 0 Å². The Kier molecular flexibility index (Phi) is 3.32. The molecule has 1 rings (SSSR count). The summed E-state index contributed by atoms with van der Waals surface area (Å²) < 4.78 is 0.545. The minimum Gasteiger partial charge on any atom is -0.274 e. The van der Waals surface area contributed by atoms with E-state index in [2.05, 4.69) is 25.9 Å². The number of carbonyl (C=O) groups excluding carboxylic acids is 1. The van der Waals surface area contributed by atoms with Crippen molar-refractivity contribution in [2.24, 2.45) is 0 Å². The molecule has 0 fully saturated rings. The Labute approximate surface area is 83.8 Å². The maximum absolute atomic E-state index is 11.5. The summed E-state index contributed by atoms with van der Waals surface area (Å²) in [7, 11) is 2.92. The van der Waals surface area contributed by atoms with Gasteiger partial charge >= 0.3 is 0 Å². The number of nitrogens with zero attached hydrogens (tertiary/aromatic N) is 3. The van der Waals surface area contributed by atoms with Gasteiger partial charge in [0, 0.05) is 13.2 Å². The molecule has 0 saturated carbocycles. The highest BCUT2D eigenvalue weighted by atomic mass is 79.9. The van der Waals surface area contributed by atoms with Gasteiger partial charge in [-0.2, -0.15) is 0 Å². The summed E-state index contributed by atoms with van der Waals surface area (Å²) in [5, 5.41) is 1.09. The van der Waals surface area contributed by atoms with Crippen LogP contribution >= 0.6 is 15.9 Å². The number of rotatable bonds is 2. The second-order valence-electron chi connectivity index (χ2n) is 2.20. The molecule has 1 amide bonds. The maximum atomic E-state index is 11.5. The minimum atomic E-state index is -0.322. The van der Waals surface area contributed by atoms with Crippen molar-refractivity contribution >= 4 is 21.8 Å². The molecule has 0 bridgehead atoms. The molecule has 1 aromatic rings. The number of halogens is 1. The van der Waals surface area contributed by atoms with Crippen LogP contribution in [-0.4, -0.2) is 35.1 Å². The molecule has 0 aliphatic carbocycles. The van der Waals surface area contributed by atoms with Crippen LogP contribution in [0.25, 0.3) is 0 Å². The first-order valence-corrected chi connectivity index (χ1v) is 4.23. The molecule has 1 heterocycles. The van der Waals surface area contributed by atoms with Gasteiger partial charge in [-0.05, 0) is 15.9 Å². The Morgan fingerprint density at radius 1 is 1.69 bits per heavy atom. The van der Waals surface area contributed by atoms with E-state index in [4.69, 9.17) is 4.84 Å². The van der Waals surface area contributed by atoms with Crippen molar-refractivity contribution in [3.05, 3.63) is 22.7 Å². The molecule has 0 unspecified atom stereocenters. The minimum absolute atomic E-state index is 0.277. The monoisotopic (exact) mass is 245 g/mol. The summed E-state index contributed by atoms with van der Waals surface area (Å²) in [5.74, 6) is -0.322. The van der Waals surface area contributed by atoms with Crippen molar-refractivity contribution in [3.63, 3.8) is 0 Å². The lowest BCUT2D eigenvalue weighted by Gasteiger charge is -2.12. The zero-order valence-corrected chi connectivity index (χ0v) is 8.78. The van der Waals surface area contributed by atoms with Gasteiger partial charge in [0.2, 0.25) is 0 Å². The Balaban J connectivity index is 2.95. The predicted molar refractivity (Wildman–Crippen MR) is 48.8 cm³/mol. The lowest BCUT2D eigenvalue weighted by Crippen LogP contribution is -2.26. The van der Waals surface area contributed by atoms with Crippen LogP contribution in [0.5, 0.6) is 0 Å². The first-order chi connectivity index (χ1) is 6.16. The quantitative estimate of drug-likeness (QED) is 0.726. The highest BCUT2D eigenvalue weighted by molar-refractivity contribution is 9.10. The van der Waals surface area contributed by atoms with Gasteiger partial charge in [0.1, 0.15) is 12.0 Å². The number of hydrogen-bond donors (Lipinski definition) is 0. The molecule has 5 nitrogen and oxygen atoms in total. The van der Waals surface area contributed by atoms with Crippen molar-refractivity contribution in [1.29, 1.82) is 0 Å². The fourth-order valence-electron chi connectivity index (χ4n) is 0.702. The van der Waals surface area contributed by atoms with Gasteiger partial charge in [0.15, 0.2) is 0 Å². The summed E-state index contributed by atoms with van der Waals surface area (Å²) in [6.45, 7) is 0. The largest absolute Gasteiger partial charge is 0.297 e. The molecular weight excluding hydrogens is 238 g/mol. The van der Waals surface area contributed by atoms with Crippen LogP contribution < -0.4 is 0 Å². The standard InChI is InChI=1S/C7H8BrN3O2/c1-11(13-2)7(12)6-5(8)3-9-4-10-6/h3-4H,1-2H3. The Bertz CT molecular complexity index is 318. The van der Waals surface area contributed by atoms with Crippen molar-refractivity contribution in [2.75, 3.05) is 14.2 Å². The Morgan fingerprint density at radius 2 is 2.38 bits per heavy atom. The third kappa shape index (κ3) is 2.22. The van der Waals surface area contributed by atoms with Gasteiger partial charge in [-0.1, -0.05) is 0 Å². The van der Waals surface area contributed by atoms with E-state index in [1.165, 1.54) is 26.7 Å². The van der Waals surface area contributed by atoms with Gasteiger partial charge in [0.25, 0.3) is 5.91 Å². The lowest BCUT2D eigenvalue weighted by atomic mass is 10.4. The molecule has 0 atom stereocenters. The highest BCUT2D eigenvalue weighted by Crippen LogP contribution is 2.13. The van der Waals surface area contributed by atoms with E-state index < -0.39 is 0 Å². The third-order valence-corrected chi connectivity index (χ3v) is 2.01. The van der Waals surface area contributed by atoms with Crippen LogP contribution in [0.4, 0.5) is 0 Å². The molecule has 0 spiro atoms. The number of aromatic nitrogens is 2. The Hall–Kier alpha value is -1.01. The molecule has 0 radical (unpaired) electrons. The summed E-state index contributed by atoms with van der Waals surface area (Å²) in [6, 6.07) is 0. The molecule has 0 aliphatic rings.